The summed E-state index contributed by atoms with van der Waals surface area (Å²) < 4.78 is 1.37. The molecule has 1 aliphatic rings. The number of fused-ring (bicyclic) bond motifs is 2. The number of nitrogens with one attached hydrogen (secondary N) is 1. The van der Waals surface area contributed by atoms with Crippen LogP contribution in [0.15, 0.2) is 33.9 Å². The zero-order chi connectivity index (χ0) is 19.7. The summed E-state index contributed by atoms with van der Waals surface area (Å²) in [7, 11) is 0. The number of carbonyl (C=O) groups is 2. The standard InChI is InChI=1S/C21H22N2O4/c1-4-5-6-7-8-9-23-15(25)11-13(3)17-19(23)21(27)18-16(20(17)26)12(2)10-14(24)22-18/h5-6,10-11H,4,7-9H2,1-3H3,(H,22,24)/b6-5+. The normalized spacial score (nSPS) is 13.1. The summed E-state index contributed by atoms with van der Waals surface area (Å²) in [6, 6.07) is 2.71. The molecule has 0 aromatic carbocycles. The van der Waals surface area contributed by atoms with Gasteiger partial charge in [-0.2, -0.15) is 0 Å². The molecule has 2 aromatic rings. The van der Waals surface area contributed by atoms with E-state index in [9.17, 15) is 19.2 Å². The van der Waals surface area contributed by atoms with Crippen LogP contribution in [-0.2, 0) is 6.54 Å². The molecule has 3 rings (SSSR count). The van der Waals surface area contributed by atoms with Crippen LogP contribution < -0.4 is 11.1 Å². The van der Waals surface area contributed by atoms with E-state index in [1.807, 2.05) is 19.1 Å². The van der Waals surface area contributed by atoms with Gasteiger partial charge in [0, 0.05) is 18.7 Å². The number of pyridine rings is 2. The molecule has 0 saturated heterocycles. The number of ketones is 2. The lowest BCUT2D eigenvalue weighted by Gasteiger charge is -2.23. The van der Waals surface area contributed by atoms with Crippen LogP contribution in [0.4, 0.5) is 0 Å². The monoisotopic (exact) mass is 366 g/mol. The van der Waals surface area contributed by atoms with Crippen LogP contribution in [0.1, 0.15) is 69.4 Å². The van der Waals surface area contributed by atoms with Crippen molar-refractivity contribution in [1.29, 1.82) is 0 Å². The molecule has 0 atom stereocenters. The SMILES string of the molecule is CC/C=C/CCCn1c2c(c(C)cc1=O)C(=O)c1c(C)cc(=O)[nH]c1C2=O. The number of allylic oxidation sites excluding steroid dienone is 2. The van der Waals surface area contributed by atoms with Crippen LogP contribution in [0.2, 0.25) is 0 Å². The summed E-state index contributed by atoms with van der Waals surface area (Å²) in [5.41, 5.74) is 0.705. The zero-order valence-electron chi connectivity index (χ0n) is 15.7. The third-order valence-electron chi connectivity index (χ3n) is 4.80. The van der Waals surface area contributed by atoms with Gasteiger partial charge >= 0.3 is 0 Å². The van der Waals surface area contributed by atoms with E-state index in [0.29, 0.717) is 24.1 Å². The predicted octanol–water partition coefficient (Wildman–Crippen LogP) is 2.68. The molecule has 0 spiro atoms. The number of rotatable bonds is 5. The highest BCUT2D eigenvalue weighted by atomic mass is 16.2. The largest absolute Gasteiger partial charge is 0.318 e. The minimum absolute atomic E-state index is 0.0258. The van der Waals surface area contributed by atoms with Crippen LogP contribution in [0.5, 0.6) is 0 Å². The van der Waals surface area contributed by atoms with Crippen molar-refractivity contribution in [2.75, 3.05) is 0 Å². The lowest BCUT2D eigenvalue weighted by Crippen LogP contribution is -2.35. The third-order valence-corrected chi connectivity index (χ3v) is 4.80. The fourth-order valence-corrected chi connectivity index (χ4v) is 3.56. The molecule has 2 heterocycles. The molecule has 27 heavy (non-hydrogen) atoms. The Bertz CT molecular complexity index is 1090. The van der Waals surface area contributed by atoms with Crippen LogP contribution >= 0.6 is 0 Å². The smallest absolute Gasteiger partial charge is 0.251 e. The number of H-pyrrole nitrogens is 1. The van der Waals surface area contributed by atoms with E-state index in [-0.39, 0.29) is 33.9 Å². The van der Waals surface area contributed by atoms with Crippen LogP contribution in [0.3, 0.4) is 0 Å². The highest BCUT2D eigenvalue weighted by Gasteiger charge is 2.35. The van der Waals surface area contributed by atoms with E-state index in [0.717, 1.165) is 12.8 Å². The maximum absolute atomic E-state index is 13.1. The lowest BCUT2D eigenvalue weighted by atomic mass is 9.85. The first-order valence-electron chi connectivity index (χ1n) is 9.09. The Kier molecular flexibility index (Phi) is 5.08. The number of nitrogens with zero attached hydrogens (tertiary/aromatic N) is 1. The van der Waals surface area contributed by atoms with Gasteiger partial charge in [0.1, 0.15) is 11.4 Å². The van der Waals surface area contributed by atoms with E-state index in [1.54, 1.807) is 13.8 Å². The van der Waals surface area contributed by atoms with Crippen molar-refractivity contribution in [3.63, 3.8) is 0 Å². The Morgan fingerprint density at radius 2 is 1.67 bits per heavy atom. The minimum Gasteiger partial charge on any atom is -0.318 e. The molecule has 0 radical (unpaired) electrons. The van der Waals surface area contributed by atoms with Crippen molar-refractivity contribution in [1.82, 2.24) is 9.55 Å². The Morgan fingerprint density at radius 3 is 2.37 bits per heavy atom. The molecule has 1 N–H and O–H groups in total. The summed E-state index contributed by atoms with van der Waals surface area (Å²) in [6.07, 6.45) is 6.47. The number of hydrogen-bond donors (Lipinski definition) is 1. The number of aromatic amines is 1. The molecule has 0 amide bonds. The molecule has 0 fully saturated rings. The van der Waals surface area contributed by atoms with E-state index in [4.69, 9.17) is 0 Å². The van der Waals surface area contributed by atoms with E-state index in [2.05, 4.69) is 4.98 Å². The molecule has 0 saturated carbocycles. The van der Waals surface area contributed by atoms with Gasteiger partial charge in [0.25, 0.3) is 5.56 Å². The Hall–Kier alpha value is -3.02. The summed E-state index contributed by atoms with van der Waals surface area (Å²) in [5, 5.41) is 0. The fourth-order valence-electron chi connectivity index (χ4n) is 3.56. The second-order valence-electron chi connectivity index (χ2n) is 6.79. The minimum atomic E-state index is -0.481. The third kappa shape index (κ3) is 3.23. The Morgan fingerprint density at radius 1 is 0.963 bits per heavy atom. The van der Waals surface area contributed by atoms with Gasteiger partial charge in [-0.25, -0.2) is 0 Å². The van der Waals surface area contributed by atoms with Crippen LogP contribution in [0, 0.1) is 13.8 Å². The Balaban J connectivity index is 2.15. The van der Waals surface area contributed by atoms with Crippen molar-refractivity contribution >= 4 is 11.6 Å². The van der Waals surface area contributed by atoms with Crippen LogP contribution in [0.25, 0.3) is 0 Å². The molecule has 140 valence electrons. The quantitative estimate of drug-likeness (QED) is 0.555. The number of unbranched alkanes of at least 4 members (excludes halogenated alkanes) is 1. The first-order valence-corrected chi connectivity index (χ1v) is 9.09. The molecular weight excluding hydrogens is 344 g/mol. The van der Waals surface area contributed by atoms with Gasteiger partial charge < -0.3 is 9.55 Å². The maximum atomic E-state index is 13.1. The molecule has 1 aliphatic carbocycles. The molecule has 0 unspecified atom stereocenters. The van der Waals surface area contributed by atoms with Crippen molar-refractivity contribution in [3.8, 4) is 0 Å². The predicted molar refractivity (Wildman–Crippen MR) is 103 cm³/mol. The van der Waals surface area contributed by atoms with Gasteiger partial charge in [-0.3, -0.25) is 19.2 Å². The summed E-state index contributed by atoms with van der Waals surface area (Å²) in [4.78, 5) is 53.1. The van der Waals surface area contributed by atoms with Crippen molar-refractivity contribution in [2.24, 2.45) is 0 Å². The molecule has 0 aliphatic heterocycles. The van der Waals surface area contributed by atoms with Gasteiger partial charge in [0.15, 0.2) is 5.78 Å². The highest BCUT2D eigenvalue weighted by molar-refractivity contribution is 6.27. The van der Waals surface area contributed by atoms with Crippen molar-refractivity contribution < 1.29 is 9.59 Å². The molecule has 6 heteroatoms. The fraction of sp³-hybridized carbons (Fsp3) is 0.333. The van der Waals surface area contributed by atoms with Gasteiger partial charge in [-0.05, 0) is 44.2 Å². The van der Waals surface area contributed by atoms with Crippen LogP contribution in [-0.4, -0.2) is 21.1 Å². The lowest BCUT2D eigenvalue weighted by molar-refractivity contribution is 0.0965. The summed E-state index contributed by atoms with van der Waals surface area (Å²) in [6.45, 7) is 5.67. The Labute approximate surface area is 156 Å². The van der Waals surface area contributed by atoms with Gasteiger partial charge in [-0.1, -0.05) is 19.1 Å². The number of carbonyl (C=O) groups excluding carboxylic acids is 2. The first kappa shape index (κ1) is 18.8. The number of aryl methyl sites for hydroxylation is 2. The van der Waals surface area contributed by atoms with E-state index >= 15 is 0 Å². The molecular formula is C21H22N2O4. The van der Waals surface area contributed by atoms with Gasteiger partial charge in [-0.15, -0.1) is 0 Å². The topological polar surface area (TPSA) is 89.0 Å². The van der Waals surface area contributed by atoms with Crippen molar-refractivity contribution in [3.05, 3.63) is 78.6 Å². The molecule has 0 bridgehead atoms. The second kappa shape index (κ2) is 7.31. The first-order chi connectivity index (χ1) is 12.9. The number of hydrogen-bond acceptors (Lipinski definition) is 4. The number of aromatic nitrogens is 2. The molecule has 2 aromatic heterocycles. The average molecular weight is 366 g/mol. The van der Waals surface area contributed by atoms with Gasteiger partial charge in [0.05, 0.1) is 11.1 Å². The van der Waals surface area contributed by atoms with Gasteiger partial charge in [0.2, 0.25) is 11.3 Å². The highest BCUT2D eigenvalue weighted by Crippen LogP contribution is 2.28. The summed E-state index contributed by atoms with van der Waals surface area (Å²) >= 11 is 0. The van der Waals surface area contributed by atoms with E-state index < -0.39 is 11.3 Å². The average Bonchev–Trinajstić information content (AvgIpc) is 2.60. The van der Waals surface area contributed by atoms with E-state index in [1.165, 1.54) is 16.7 Å². The zero-order valence-corrected chi connectivity index (χ0v) is 15.7. The second-order valence-corrected chi connectivity index (χ2v) is 6.79. The summed E-state index contributed by atoms with van der Waals surface area (Å²) in [5.74, 6) is -0.809. The van der Waals surface area contributed by atoms with Crippen molar-refractivity contribution in [2.45, 2.75) is 46.6 Å². The maximum Gasteiger partial charge on any atom is 0.251 e. The molecule has 6 nitrogen and oxygen atoms in total.